The second-order valence-electron chi connectivity index (χ2n) is 6.66. The Kier molecular flexibility index (Phi) is 7.25. The largest absolute Gasteiger partial charge is 0.388 e. The van der Waals surface area contributed by atoms with Crippen molar-refractivity contribution < 1.29 is 14.7 Å². The Morgan fingerprint density at radius 3 is 2.54 bits per heavy atom. The van der Waals surface area contributed by atoms with E-state index in [1.54, 1.807) is 0 Å². The summed E-state index contributed by atoms with van der Waals surface area (Å²) in [5.41, 5.74) is 0.851. The first-order valence-corrected chi connectivity index (χ1v) is 8.86. The van der Waals surface area contributed by atoms with E-state index in [9.17, 15) is 14.7 Å². The summed E-state index contributed by atoms with van der Waals surface area (Å²) in [5, 5.41) is 15.8. The highest BCUT2D eigenvalue weighted by Crippen LogP contribution is 2.24. The van der Waals surface area contributed by atoms with E-state index in [0.29, 0.717) is 13.0 Å². The molecule has 24 heavy (non-hydrogen) atoms. The molecule has 0 aromatic heterocycles. The molecule has 0 radical (unpaired) electrons. The number of amides is 2. The van der Waals surface area contributed by atoms with Crippen LogP contribution in [-0.2, 0) is 9.59 Å². The van der Waals surface area contributed by atoms with E-state index in [0.717, 1.165) is 31.2 Å². The zero-order chi connectivity index (χ0) is 17.4. The minimum Gasteiger partial charge on any atom is -0.388 e. The standard InChI is InChI=1S/C19H28N2O3/c1-14(21-19(24)16-9-5-6-10-16)13-18(23)20-12-11-17(22)15-7-3-2-4-8-15/h2-4,7-8,14,16-17,22H,5-6,9-13H2,1H3,(H,20,23)(H,21,24). The van der Waals surface area contributed by atoms with Crippen LogP contribution in [0.25, 0.3) is 0 Å². The molecule has 1 fully saturated rings. The van der Waals surface area contributed by atoms with Crippen molar-refractivity contribution in [1.29, 1.82) is 0 Å². The fourth-order valence-electron chi connectivity index (χ4n) is 3.14. The first-order valence-electron chi connectivity index (χ1n) is 8.86. The summed E-state index contributed by atoms with van der Waals surface area (Å²) >= 11 is 0. The Morgan fingerprint density at radius 1 is 1.21 bits per heavy atom. The third-order valence-corrected chi connectivity index (χ3v) is 4.53. The highest BCUT2D eigenvalue weighted by atomic mass is 16.3. The van der Waals surface area contributed by atoms with Crippen LogP contribution in [0, 0.1) is 5.92 Å². The number of rotatable bonds is 8. The van der Waals surface area contributed by atoms with Gasteiger partial charge in [-0.2, -0.15) is 0 Å². The van der Waals surface area contributed by atoms with Crippen molar-refractivity contribution in [3.63, 3.8) is 0 Å². The molecule has 0 aliphatic heterocycles. The molecule has 0 heterocycles. The van der Waals surface area contributed by atoms with Gasteiger partial charge in [-0.25, -0.2) is 0 Å². The van der Waals surface area contributed by atoms with Crippen molar-refractivity contribution >= 4 is 11.8 Å². The Bertz CT molecular complexity index is 527. The van der Waals surface area contributed by atoms with Gasteiger partial charge in [0.15, 0.2) is 0 Å². The zero-order valence-electron chi connectivity index (χ0n) is 14.3. The molecule has 5 heteroatoms. The molecule has 2 atom stereocenters. The van der Waals surface area contributed by atoms with Crippen molar-refractivity contribution in [3.8, 4) is 0 Å². The van der Waals surface area contributed by atoms with Gasteiger partial charge < -0.3 is 15.7 Å². The van der Waals surface area contributed by atoms with Crippen molar-refractivity contribution in [3.05, 3.63) is 35.9 Å². The van der Waals surface area contributed by atoms with Gasteiger partial charge in [-0.05, 0) is 31.7 Å². The molecule has 1 aliphatic rings. The van der Waals surface area contributed by atoms with Gasteiger partial charge in [0.05, 0.1) is 6.10 Å². The molecule has 1 aromatic rings. The molecule has 1 saturated carbocycles. The number of carbonyl (C=O) groups is 2. The van der Waals surface area contributed by atoms with Crippen LogP contribution in [0.2, 0.25) is 0 Å². The fraction of sp³-hybridized carbons (Fsp3) is 0.579. The van der Waals surface area contributed by atoms with Crippen LogP contribution >= 0.6 is 0 Å². The Balaban J connectivity index is 1.62. The maximum absolute atomic E-state index is 12.0. The monoisotopic (exact) mass is 332 g/mol. The van der Waals surface area contributed by atoms with Crippen molar-refractivity contribution in [2.75, 3.05) is 6.54 Å². The highest BCUT2D eigenvalue weighted by molar-refractivity contribution is 5.81. The summed E-state index contributed by atoms with van der Waals surface area (Å²) in [6, 6.07) is 9.23. The van der Waals surface area contributed by atoms with Crippen LogP contribution < -0.4 is 10.6 Å². The van der Waals surface area contributed by atoms with Gasteiger partial charge in [-0.15, -0.1) is 0 Å². The summed E-state index contributed by atoms with van der Waals surface area (Å²) in [4.78, 5) is 24.0. The lowest BCUT2D eigenvalue weighted by molar-refractivity contribution is -0.126. The van der Waals surface area contributed by atoms with Crippen LogP contribution in [0.3, 0.4) is 0 Å². The first kappa shape index (κ1) is 18.5. The molecular weight excluding hydrogens is 304 g/mol. The van der Waals surface area contributed by atoms with Gasteiger partial charge in [0.25, 0.3) is 0 Å². The number of hydrogen-bond donors (Lipinski definition) is 3. The van der Waals surface area contributed by atoms with Crippen LogP contribution in [0.4, 0.5) is 0 Å². The topological polar surface area (TPSA) is 78.4 Å². The molecule has 0 spiro atoms. The van der Waals surface area contributed by atoms with Gasteiger partial charge >= 0.3 is 0 Å². The Morgan fingerprint density at radius 2 is 1.88 bits per heavy atom. The summed E-state index contributed by atoms with van der Waals surface area (Å²) in [6.45, 7) is 2.27. The minimum absolute atomic E-state index is 0.0762. The number of aliphatic hydroxyl groups is 1. The van der Waals surface area contributed by atoms with E-state index in [1.165, 1.54) is 0 Å². The molecule has 2 rings (SSSR count). The molecule has 1 aliphatic carbocycles. The average molecular weight is 332 g/mol. The Hall–Kier alpha value is -1.88. The van der Waals surface area contributed by atoms with E-state index in [-0.39, 0.29) is 30.2 Å². The van der Waals surface area contributed by atoms with Gasteiger partial charge in [0.1, 0.15) is 0 Å². The highest BCUT2D eigenvalue weighted by Gasteiger charge is 2.24. The van der Waals surface area contributed by atoms with Crippen molar-refractivity contribution in [2.24, 2.45) is 5.92 Å². The van der Waals surface area contributed by atoms with Gasteiger partial charge in [0, 0.05) is 24.9 Å². The van der Waals surface area contributed by atoms with Gasteiger partial charge in [0.2, 0.25) is 11.8 Å². The summed E-state index contributed by atoms with van der Waals surface area (Å²) in [7, 11) is 0. The number of aliphatic hydroxyl groups excluding tert-OH is 1. The minimum atomic E-state index is -0.578. The van der Waals surface area contributed by atoms with Crippen molar-refractivity contribution in [1.82, 2.24) is 10.6 Å². The van der Waals surface area contributed by atoms with Gasteiger partial charge in [-0.1, -0.05) is 43.2 Å². The zero-order valence-corrected chi connectivity index (χ0v) is 14.3. The lowest BCUT2D eigenvalue weighted by Gasteiger charge is -2.17. The normalized spacial score (nSPS) is 17.2. The average Bonchev–Trinajstić information content (AvgIpc) is 3.10. The first-order chi connectivity index (χ1) is 11.6. The molecule has 2 unspecified atom stereocenters. The number of carbonyl (C=O) groups excluding carboxylic acids is 2. The molecule has 1 aromatic carbocycles. The third-order valence-electron chi connectivity index (χ3n) is 4.53. The predicted molar refractivity (Wildman–Crippen MR) is 93.2 cm³/mol. The lowest BCUT2D eigenvalue weighted by atomic mass is 10.1. The van der Waals surface area contributed by atoms with Crippen molar-refractivity contribution in [2.45, 2.75) is 57.6 Å². The third kappa shape index (κ3) is 5.96. The maximum atomic E-state index is 12.0. The summed E-state index contributed by atoms with van der Waals surface area (Å²) < 4.78 is 0. The molecule has 2 amide bonds. The second kappa shape index (κ2) is 9.42. The molecular formula is C19H28N2O3. The maximum Gasteiger partial charge on any atom is 0.223 e. The number of nitrogens with one attached hydrogen (secondary N) is 2. The SMILES string of the molecule is CC(CC(=O)NCCC(O)c1ccccc1)NC(=O)C1CCCC1. The molecule has 0 saturated heterocycles. The number of hydrogen-bond acceptors (Lipinski definition) is 3. The van der Waals surface area contributed by atoms with E-state index in [4.69, 9.17) is 0 Å². The lowest BCUT2D eigenvalue weighted by Crippen LogP contribution is -2.40. The molecule has 132 valence electrons. The van der Waals surface area contributed by atoms with Crippen LogP contribution in [-0.4, -0.2) is 29.5 Å². The summed E-state index contributed by atoms with van der Waals surface area (Å²) in [6.07, 6.45) is 4.32. The van der Waals surface area contributed by atoms with E-state index >= 15 is 0 Å². The van der Waals surface area contributed by atoms with Gasteiger partial charge in [-0.3, -0.25) is 9.59 Å². The van der Waals surface area contributed by atoms with E-state index < -0.39 is 6.10 Å². The smallest absolute Gasteiger partial charge is 0.223 e. The molecule has 0 bridgehead atoms. The number of benzene rings is 1. The van der Waals surface area contributed by atoms with Crippen LogP contribution in [0.5, 0.6) is 0 Å². The second-order valence-corrected chi connectivity index (χ2v) is 6.66. The van der Waals surface area contributed by atoms with Crippen LogP contribution in [0.1, 0.15) is 57.1 Å². The Labute approximate surface area is 143 Å². The summed E-state index contributed by atoms with van der Waals surface area (Å²) in [5.74, 6) is 0.0957. The quantitative estimate of drug-likeness (QED) is 0.683. The molecule has 3 N–H and O–H groups in total. The van der Waals surface area contributed by atoms with Crippen LogP contribution in [0.15, 0.2) is 30.3 Å². The molecule has 5 nitrogen and oxygen atoms in total. The fourth-order valence-corrected chi connectivity index (χ4v) is 3.14. The predicted octanol–water partition coefficient (Wildman–Crippen LogP) is 2.31. The van der Waals surface area contributed by atoms with E-state index in [1.807, 2.05) is 37.3 Å². The van der Waals surface area contributed by atoms with E-state index in [2.05, 4.69) is 10.6 Å².